The Bertz CT molecular complexity index is 612. The fraction of sp³-hybridized carbons (Fsp3) is 0.182. The smallest absolute Gasteiger partial charge is 0.146 e. The SMILES string of the molecule is CC(Nc1cccc2nccn12)c1ncn[nH]1. The first-order chi connectivity index (χ1) is 8.34. The number of aromatic nitrogens is 5. The van der Waals surface area contributed by atoms with Crippen molar-refractivity contribution >= 4 is 11.5 Å². The zero-order valence-corrected chi connectivity index (χ0v) is 9.33. The molecule has 2 N–H and O–H groups in total. The van der Waals surface area contributed by atoms with E-state index in [9.17, 15) is 0 Å². The van der Waals surface area contributed by atoms with Gasteiger partial charge >= 0.3 is 0 Å². The molecule has 0 saturated heterocycles. The number of hydrogen-bond acceptors (Lipinski definition) is 4. The molecule has 0 aliphatic carbocycles. The number of H-pyrrole nitrogens is 1. The fourth-order valence-electron chi connectivity index (χ4n) is 1.78. The van der Waals surface area contributed by atoms with Gasteiger partial charge in [0.2, 0.25) is 0 Å². The van der Waals surface area contributed by atoms with Crippen molar-refractivity contribution in [2.24, 2.45) is 0 Å². The van der Waals surface area contributed by atoms with Crippen LogP contribution in [0, 0.1) is 0 Å². The number of fused-ring (bicyclic) bond motifs is 1. The van der Waals surface area contributed by atoms with Crippen LogP contribution >= 0.6 is 0 Å². The van der Waals surface area contributed by atoms with Gasteiger partial charge in [-0.25, -0.2) is 9.97 Å². The van der Waals surface area contributed by atoms with E-state index >= 15 is 0 Å². The van der Waals surface area contributed by atoms with Gasteiger partial charge in [0.25, 0.3) is 0 Å². The summed E-state index contributed by atoms with van der Waals surface area (Å²) in [6, 6.07) is 5.99. The molecule has 3 heterocycles. The van der Waals surface area contributed by atoms with Crippen LogP contribution in [0.3, 0.4) is 0 Å². The van der Waals surface area contributed by atoms with Crippen LogP contribution < -0.4 is 5.32 Å². The summed E-state index contributed by atoms with van der Waals surface area (Å²) in [6.45, 7) is 2.02. The molecule has 1 unspecified atom stereocenters. The van der Waals surface area contributed by atoms with E-state index in [0.29, 0.717) is 0 Å². The largest absolute Gasteiger partial charge is 0.361 e. The van der Waals surface area contributed by atoms with Crippen LogP contribution in [0.1, 0.15) is 18.8 Å². The maximum Gasteiger partial charge on any atom is 0.146 e. The third-order valence-corrected chi connectivity index (χ3v) is 2.64. The molecule has 0 amide bonds. The second-order valence-electron chi connectivity index (χ2n) is 3.80. The van der Waals surface area contributed by atoms with Crippen LogP contribution in [0.5, 0.6) is 0 Å². The molecule has 0 bridgehead atoms. The van der Waals surface area contributed by atoms with Crippen molar-refractivity contribution in [2.75, 3.05) is 5.32 Å². The Morgan fingerprint density at radius 3 is 3.12 bits per heavy atom. The van der Waals surface area contributed by atoms with E-state index in [2.05, 4.69) is 25.5 Å². The van der Waals surface area contributed by atoms with Crippen LogP contribution in [-0.2, 0) is 0 Å². The minimum Gasteiger partial charge on any atom is -0.361 e. The van der Waals surface area contributed by atoms with Gasteiger partial charge in [-0.3, -0.25) is 9.50 Å². The van der Waals surface area contributed by atoms with Crippen molar-refractivity contribution in [3.63, 3.8) is 0 Å². The predicted octanol–water partition coefficient (Wildman–Crippen LogP) is 1.63. The fourth-order valence-corrected chi connectivity index (χ4v) is 1.78. The second kappa shape index (κ2) is 3.89. The summed E-state index contributed by atoms with van der Waals surface area (Å²) in [4.78, 5) is 8.36. The summed E-state index contributed by atoms with van der Waals surface area (Å²) < 4.78 is 1.99. The highest BCUT2D eigenvalue weighted by Crippen LogP contribution is 2.17. The maximum absolute atomic E-state index is 4.24. The molecule has 0 saturated carbocycles. The lowest BCUT2D eigenvalue weighted by Gasteiger charge is -2.13. The lowest BCUT2D eigenvalue weighted by Crippen LogP contribution is -2.10. The van der Waals surface area contributed by atoms with Gasteiger partial charge < -0.3 is 5.32 Å². The summed E-state index contributed by atoms with van der Waals surface area (Å²) in [5.41, 5.74) is 0.916. The molecule has 0 radical (unpaired) electrons. The van der Waals surface area contributed by atoms with Gasteiger partial charge in [0.1, 0.15) is 23.6 Å². The molecule has 3 aromatic heterocycles. The third-order valence-electron chi connectivity index (χ3n) is 2.64. The van der Waals surface area contributed by atoms with Gasteiger partial charge in [-0.2, -0.15) is 5.10 Å². The highest BCUT2D eigenvalue weighted by Gasteiger charge is 2.09. The number of hydrogen-bond donors (Lipinski definition) is 2. The quantitative estimate of drug-likeness (QED) is 0.714. The Labute approximate surface area is 97.7 Å². The first-order valence-corrected chi connectivity index (χ1v) is 5.38. The van der Waals surface area contributed by atoms with Gasteiger partial charge in [-0.1, -0.05) is 6.07 Å². The van der Waals surface area contributed by atoms with Crippen LogP contribution in [0.2, 0.25) is 0 Å². The van der Waals surface area contributed by atoms with E-state index in [1.165, 1.54) is 6.33 Å². The molecule has 3 rings (SSSR count). The Hall–Kier alpha value is -2.37. The molecular formula is C11H12N6. The van der Waals surface area contributed by atoms with Crippen molar-refractivity contribution in [1.29, 1.82) is 0 Å². The van der Waals surface area contributed by atoms with Crippen molar-refractivity contribution in [2.45, 2.75) is 13.0 Å². The lowest BCUT2D eigenvalue weighted by atomic mass is 10.3. The number of rotatable bonds is 3. The standard InChI is InChI=1S/C11H12N6/c1-8(11-13-7-14-16-11)15-10-4-2-3-9-12-5-6-17(9)10/h2-8,15H,1H3,(H,13,14,16). The Kier molecular flexibility index (Phi) is 2.25. The highest BCUT2D eigenvalue weighted by molar-refractivity contribution is 5.50. The Morgan fingerprint density at radius 1 is 1.35 bits per heavy atom. The summed E-state index contributed by atoms with van der Waals surface area (Å²) in [5, 5.41) is 10.1. The zero-order chi connectivity index (χ0) is 11.7. The molecule has 6 nitrogen and oxygen atoms in total. The molecule has 3 aromatic rings. The Morgan fingerprint density at radius 2 is 2.29 bits per heavy atom. The van der Waals surface area contributed by atoms with Gasteiger partial charge in [0.15, 0.2) is 0 Å². The molecule has 0 fully saturated rings. The number of imidazole rings is 1. The van der Waals surface area contributed by atoms with Gasteiger partial charge in [-0.05, 0) is 19.1 Å². The molecule has 0 spiro atoms. The number of anilines is 1. The van der Waals surface area contributed by atoms with E-state index in [1.54, 1.807) is 6.20 Å². The van der Waals surface area contributed by atoms with Gasteiger partial charge in [-0.15, -0.1) is 0 Å². The third kappa shape index (κ3) is 1.73. The molecular weight excluding hydrogens is 216 g/mol. The molecule has 1 atom stereocenters. The van der Waals surface area contributed by atoms with E-state index in [1.807, 2.05) is 35.7 Å². The lowest BCUT2D eigenvalue weighted by molar-refractivity contribution is 0.787. The maximum atomic E-state index is 4.24. The van der Waals surface area contributed by atoms with Gasteiger partial charge in [0.05, 0.1) is 6.04 Å². The Balaban J connectivity index is 1.92. The summed E-state index contributed by atoms with van der Waals surface area (Å²) >= 11 is 0. The average molecular weight is 228 g/mol. The first-order valence-electron chi connectivity index (χ1n) is 5.38. The van der Waals surface area contributed by atoms with Crippen LogP contribution in [0.15, 0.2) is 36.9 Å². The van der Waals surface area contributed by atoms with Crippen LogP contribution in [-0.4, -0.2) is 24.6 Å². The molecule has 86 valence electrons. The minimum absolute atomic E-state index is 0.0606. The van der Waals surface area contributed by atoms with E-state index in [-0.39, 0.29) is 6.04 Å². The number of nitrogens with zero attached hydrogens (tertiary/aromatic N) is 4. The molecule has 0 aliphatic rings. The van der Waals surface area contributed by atoms with E-state index in [0.717, 1.165) is 17.3 Å². The van der Waals surface area contributed by atoms with Crippen molar-refractivity contribution in [1.82, 2.24) is 24.6 Å². The van der Waals surface area contributed by atoms with Crippen molar-refractivity contribution in [3.8, 4) is 0 Å². The van der Waals surface area contributed by atoms with Gasteiger partial charge in [0, 0.05) is 12.4 Å². The topological polar surface area (TPSA) is 70.9 Å². The molecule has 0 aromatic carbocycles. The average Bonchev–Trinajstić information content (AvgIpc) is 3.00. The van der Waals surface area contributed by atoms with Crippen molar-refractivity contribution in [3.05, 3.63) is 42.7 Å². The number of nitrogens with one attached hydrogen (secondary N) is 2. The minimum atomic E-state index is 0.0606. The summed E-state index contributed by atoms with van der Waals surface area (Å²) in [5.74, 6) is 1.78. The normalized spacial score (nSPS) is 12.8. The van der Waals surface area contributed by atoms with Crippen LogP contribution in [0.25, 0.3) is 5.65 Å². The second-order valence-corrected chi connectivity index (χ2v) is 3.80. The summed E-state index contributed by atoms with van der Waals surface area (Å²) in [7, 11) is 0. The first kappa shape index (κ1) is 9.83. The monoisotopic (exact) mass is 228 g/mol. The molecule has 0 aliphatic heterocycles. The van der Waals surface area contributed by atoms with E-state index in [4.69, 9.17) is 0 Å². The van der Waals surface area contributed by atoms with Crippen LogP contribution in [0.4, 0.5) is 5.82 Å². The molecule has 6 heteroatoms. The van der Waals surface area contributed by atoms with Crippen molar-refractivity contribution < 1.29 is 0 Å². The molecule has 17 heavy (non-hydrogen) atoms. The van der Waals surface area contributed by atoms with E-state index < -0.39 is 0 Å². The zero-order valence-electron chi connectivity index (χ0n) is 9.33. The highest BCUT2D eigenvalue weighted by atomic mass is 15.2. The summed E-state index contributed by atoms with van der Waals surface area (Å²) in [6.07, 6.45) is 5.20. The predicted molar refractivity (Wildman–Crippen MR) is 63.6 cm³/mol. The number of pyridine rings is 1. The number of aromatic amines is 1.